The summed E-state index contributed by atoms with van der Waals surface area (Å²) in [6.07, 6.45) is 8.15. The lowest BCUT2D eigenvalue weighted by Gasteiger charge is -2.05. The van der Waals surface area contributed by atoms with E-state index < -0.39 is 0 Å². The van der Waals surface area contributed by atoms with Crippen LogP contribution in [0.15, 0.2) is 49.1 Å². The molecule has 0 amide bonds. The number of nitrogens with zero attached hydrogens (tertiary/aromatic N) is 4. The van der Waals surface area contributed by atoms with Crippen LogP contribution >= 0.6 is 0 Å². The van der Waals surface area contributed by atoms with E-state index >= 15 is 0 Å². The van der Waals surface area contributed by atoms with Crippen molar-refractivity contribution in [3.63, 3.8) is 0 Å². The molecule has 3 rings (SSSR count). The van der Waals surface area contributed by atoms with Crippen LogP contribution in [-0.2, 0) is 13.1 Å². The summed E-state index contributed by atoms with van der Waals surface area (Å²) in [5, 5.41) is 8.94. The molecule has 0 bridgehead atoms. The minimum absolute atomic E-state index is 0.593. The van der Waals surface area contributed by atoms with Crippen LogP contribution in [0.2, 0.25) is 0 Å². The first-order valence-corrected chi connectivity index (χ1v) is 8.67. The number of benzene rings is 1. The van der Waals surface area contributed by atoms with Gasteiger partial charge in [-0.25, -0.2) is 0 Å². The summed E-state index contributed by atoms with van der Waals surface area (Å²) in [6, 6.07) is 8.59. The lowest BCUT2D eigenvalue weighted by molar-refractivity contribution is 0.483. The van der Waals surface area contributed by atoms with Gasteiger partial charge in [-0.3, -0.25) is 9.36 Å². The SMILES string of the molecule is CC(C)Cn1cc(-c2cccc(-c3cnn(CC(C)C)c3)c2)cn1. The first kappa shape index (κ1) is 16.5. The van der Waals surface area contributed by atoms with Crippen molar-refractivity contribution in [2.75, 3.05) is 0 Å². The number of rotatable bonds is 6. The molecule has 4 nitrogen and oxygen atoms in total. The second-order valence-electron chi connectivity index (χ2n) is 7.27. The maximum absolute atomic E-state index is 4.47. The van der Waals surface area contributed by atoms with Gasteiger partial charge < -0.3 is 0 Å². The Hall–Kier alpha value is -2.36. The highest BCUT2D eigenvalue weighted by Gasteiger charge is 2.07. The maximum atomic E-state index is 4.47. The van der Waals surface area contributed by atoms with Gasteiger partial charge in [0.25, 0.3) is 0 Å². The van der Waals surface area contributed by atoms with E-state index in [1.807, 2.05) is 21.8 Å². The second-order valence-corrected chi connectivity index (χ2v) is 7.27. The van der Waals surface area contributed by atoms with Crippen LogP contribution < -0.4 is 0 Å². The molecule has 0 aliphatic rings. The minimum atomic E-state index is 0.593. The Morgan fingerprint density at radius 3 is 1.62 bits per heavy atom. The van der Waals surface area contributed by atoms with Gasteiger partial charge in [0.1, 0.15) is 0 Å². The molecule has 126 valence electrons. The Labute approximate surface area is 144 Å². The van der Waals surface area contributed by atoms with Gasteiger partial charge in [-0.2, -0.15) is 10.2 Å². The van der Waals surface area contributed by atoms with Gasteiger partial charge in [-0.15, -0.1) is 0 Å². The molecule has 3 aromatic rings. The molecule has 0 fully saturated rings. The zero-order chi connectivity index (χ0) is 17.1. The summed E-state index contributed by atoms with van der Waals surface area (Å²) in [4.78, 5) is 0. The van der Waals surface area contributed by atoms with Gasteiger partial charge in [0.05, 0.1) is 12.4 Å². The van der Waals surface area contributed by atoms with Crippen molar-refractivity contribution in [3.8, 4) is 22.3 Å². The van der Waals surface area contributed by atoms with Crippen molar-refractivity contribution in [2.24, 2.45) is 11.8 Å². The minimum Gasteiger partial charge on any atom is -0.272 e. The van der Waals surface area contributed by atoms with E-state index in [-0.39, 0.29) is 0 Å². The van der Waals surface area contributed by atoms with E-state index in [1.165, 1.54) is 11.1 Å². The monoisotopic (exact) mass is 322 g/mol. The van der Waals surface area contributed by atoms with Crippen molar-refractivity contribution < 1.29 is 0 Å². The standard InChI is InChI=1S/C20H26N4/c1-15(2)11-23-13-19(9-21-23)17-6-5-7-18(8-17)20-10-22-24(14-20)12-16(3)4/h5-10,13-16H,11-12H2,1-4H3. The molecule has 0 N–H and O–H groups in total. The Bertz CT molecular complexity index is 732. The van der Waals surface area contributed by atoms with E-state index in [4.69, 9.17) is 0 Å². The normalized spacial score (nSPS) is 11.6. The largest absolute Gasteiger partial charge is 0.272 e. The highest BCUT2D eigenvalue weighted by molar-refractivity contribution is 5.71. The molecule has 1 aromatic carbocycles. The second kappa shape index (κ2) is 7.04. The maximum Gasteiger partial charge on any atom is 0.0568 e. The van der Waals surface area contributed by atoms with Gasteiger partial charge in [-0.1, -0.05) is 45.9 Å². The Morgan fingerprint density at radius 2 is 1.21 bits per heavy atom. The zero-order valence-corrected chi connectivity index (χ0v) is 15.0. The number of hydrogen-bond acceptors (Lipinski definition) is 2. The molecule has 0 spiro atoms. The van der Waals surface area contributed by atoms with Crippen molar-refractivity contribution in [1.82, 2.24) is 19.6 Å². The van der Waals surface area contributed by atoms with Crippen LogP contribution in [-0.4, -0.2) is 19.6 Å². The first-order valence-electron chi connectivity index (χ1n) is 8.67. The third-order valence-corrected chi connectivity index (χ3v) is 3.90. The Morgan fingerprint density at radius 1 is 0.750 bits per heavy atom. The number of aromatic nitrogens is 4. The van der Waals surface area contributed by atoms with Crippen molar-refractivity contribution in [1.29, 1.82) is 0 Å². The molecule has 0 atom stereocenters. The van der Waals surface area contributed by atoms with Crippen LogP contribution in [0.1, 0.15) is 27.7 Å². The predicted octanol–water partition coefficient (Wildman–Crippen LogP) is 4.73. The molecule has 2 aromatic heterocycles. The smallest absolute Gasteiger partial charge is 0.0568 e. The van der Waals surface area contributed by atoms with E-state index in [0.29, 0.717) is 11.8 Å². The summed E-state index contributed by atoms with van der Waals surface area (Å²) in [7, 11) is 0. The fourth-order valence-corrected chi connectivity index (χ4v) is 2.85. The van der Waals surface area contributed by atoms with Gasteiger partial charge in [-0.05, 0) is 29.0 Å². The fourth-order valence-electron chi connectivity index (χ4n) is 2.85. The van der Waals surface area contributed by atoms with Crippen molar-refractivity contribution >= 4 is 0 Å². The Kier molecular flexibility index (Phi) is 4.84. The molecular weight excluding hydrogens is 296 g/mol. The van der Waals surface area contributed by atoms with Crippen LogP contribution in [0.25, 0.3) is 22.3 Å². The van der Waals surface area contributed by atoms with Crippen molar-refractivity contribution in [3.05, 3.63) is 49.1 Å². The molecule has 0 aliphatic heterocycles. The number of hydrogen-bond donors (Lipinski definition) is 0. The van der Waals surface area contributed by atoms with Crippen LogP contribution in [0.5, 0.6) is 0 Å². The highest BCUT2D eigenvalue weighted by Crippen LogP contribution is 2.26. The van der Waals surface area contributed by atoms with Crippen molar-refractivity contribution in [2.45, 2.75) is 40.8 Å². The molecule has 0 radical (unpaired) electrons. The summed E-state index contributed by atoms with van der Waals surface area (Å²) in [6.45, 7) is 10.7. The predicted molar refractivity (Wildman–Crippen MR) is 98.6 cm³/mol. The summed E-state index contributed by atoms with van der Waals surface area (Å²) in [5.41, 5.74) is 4.71. The molecule has 4 heteroatoms. The van der Waals surface area contributed by atoms with E-state index in [0.717, 1.165) is 24.2 Å². The van der Waals surface area contributed by atoms with Crippen LogP contribution in [0.3, 0.4) is 0 Å². The Balaban J connectivity index is 1.83. The quantitative estimate of drug-likeness (QED) is 0.658. The van der Waals surface area contributed by atoms with Gasteiger partial charge in [0.2, 0.25) is 0 Å². The topological polar surface area (TPSA) is 35.6 Å². The molecule has 24 heavy (non-hydrogen) atoms. The summed E-state index contributed by atoms with van der Waals surface area (Å²) >= 11 is 0. The molecular formula is C20H26N4. The van der Waals surface area contributed by atoms with Gasteiger partial charge in [0.15, 0.2) is 0 Å². The molecule has 0 unspecified atom stereocenters. The third-order valence-electron chi connectivity index (χ3n) is 3.90. The molecule has 2 heterocycles. The van der Waals surface area contributed by atoms with E-state index in [9.17, 15) is 0 Å². The summed E-state index contributed by atoms with van der Waals surface area (Å²) in [5.74, 6) is 1.19. The first-order chi connectivity index (χ1) is 11.5. The third kappa shape index (κ3) is 3.94. The lowest BCUT2D eigenvalue weighted by atomic mass is 10.0. The van der Waals surface area contributed by atoms with E-state index in [1.54, 1.807) is 0 Å². The molecule has 0 saturated heterocycles. The van der Waals surface area contributed by atoms with Gasteiger partial charge >= 0.3 is 0 Å². The lowest BCUT2D eigenvalue weighted by Crippen LogP contribution is -2.04. The average Bonchev–Trinajstić information content (AvgIpc) is 3.16. The molecule has 0 aliphatic carbocycles. The zero-order valence-electron chi connectivity index (χ0n) is 15.0. The van der Waals surface area contributed by atoms with Gasteiger partial charge in [0, 0.05) is 36.6 Å². The fraction of sp³-hybridized carbons (Fsp3) is 0.400. The molecule has 0 saturated carbocycles. The average molecular weight is 322 g/mol. The van der Waals surface area contributed by atoms with Crippen LogP contribution in [0.4, 0.5) is 0 Å². The van der Waals surface area contributed by atoms with E-state index in [2.05, 4.69) is 74.6 Å². The highest BCUT2D eigenvalue weighted by atomic mass is 15.3. The van der Waals surface area contributed by atoms with Crippen LogP contribution in [0, 0.1) is 11.8 Å². The summed E-state index contributed by atoms with van der Waals surface area (Å²) < 4.78 is 4.04.